The fourth-order valence-corrected chi connectivity index (χ4v) is 4.40. The smallest absolute Gasteiger partial charge is 0.193 e. The number of nitrogens with zero attached hydrogens (tertiary/aromatic N) is 3. The van der Waals surface area contributed by atoms with Gasteiger partial charge in [-0.15, -0.1) is 24.0 Å². The highest BCUT2D eigenvalue weighted by molar-refractivity contribution is 14.0. The molecule has 1 N–H and O–H groups in total. The summed E-state index contributed by atoms with van der Waals surface area (Å²) in [6.45, 7) is 9.17. The molecule has 0 saturated carbocycles. The van der Waals surface area contributed by atoms with Crippen LogP contribution in [0.4, 0.5) is 0 Å². The molecule has 0 bridgehead atoms. The molecule has 0 radical (unpaired) electrons. The zero-order valence-corrected chi connectivity index (χ0v) is 20.9. The predicted octanol–water partition coefficient (Wildman–Crippen LogP) is 2.34. The molecular weight excluding hydrogens is 483 g/mol. The Morgan fingerprint density at radius 3 is 2.48 bits per heavy atom. The van der Waals surface area contributed by atoms with Crippen molar-refractivity contribution >= 4 is 29.9 Å². The maximum Gasteiger partial charge on any atom is 0.193 e. The van der Waals surface area contributed by atoms with E-state index in [4.69, 9.17) is 19.2 Å². The van der Waals surface area contributed by atoms with E-state index in [1.54, 1.807) is 0 Å². The third kappa shape index (κ3) is 7.19. The fourth-order valence-electron chi connectivity index (χ4n) is 4.40. The van der Waals surface area contributed by atoms with Gasteiger partial charge in [0.25, 0.3) is 0 Å². The van der Waals surface area contributed by atoms with Crippen molar-refractivity contribution < 1.29 is 14.2 Å². The number of rotatable bonds is 7. The molecule has 0 aliphatic carbocycles. The second-order valence-corrected chi connectivity index (χ2v) is 8.56. The highest BCUT2D eigenvalue weighted by Gasteiger charge is 2.35. The van der Waals surface area contributed by atoms with Crippen LogP contribution in [0.1, 0.15) is 45.4 Å². The second kappa shape index (κ2) is 12.6. The van der Waals surface area contributed by atoms with Crippen molar-refractivity contribution in [1.82, 2.24) is 15.1 Å². The molecule has 7 nitrogen and oxygen atoms in total. The first-order chi connectivity index (χ1) is 13.6. The number of aliphatic imine (C=N–C) groups is 1. The lowest BCUT2D eigenvalue weighted by Crippen LogP contribution is -2.52. The first-order valence-corrected chi connectivity index (χ1v) is 11.1. The molecule has 3 heterocycles. The predicted molar refractivity (Wildman–Crippen MR) is 127 cm³/mol. The van der Waals surface area contributed by atoms with Crippen molar-refractivity contribution in [2.75, 3.05) is 66.7 Å². The SMILES string of the molecule is CCNC(=NCC1(N(C)C)CCOCC1)N1CCC(OCC2CCCO2)CC1.I. The van der Waals surface area contributed by atoms with Gasteiger partial charge < -0.3 is 29.3 Å². The lowest BCUT2D eigenvalue weighted by atomic mass is 9.89. The summed E-state index contributed by atoms with van der Waals surface area (Å²) in [6.07, 6.45) is 7.20. The van der Waals surface area contributed by atoms with Gasteiger partial charge in [-0.05, 0) is 59.5 Å². The molecule has 0 aromatic carbocycles. The molecule has 0 spiro atoms. The van der Waals surface area contributed by atoms with Crippen LogP contribution in [0, 0.1) is 0 Å². The molecule has 1 unspecified atom stereocenters. The Balaban J connectivity index is 0.00000300. The second-order valence-electron chi connectivity index (χ2n) is 8.56. The standard InChI is InChI=1S/C21H40N4O3.HI/c1-4-22-20(23-17-21(24(2)3)9-14-26-15-10-21)25-11-7-18(8-12-25)28-16-19-6-5-13-27-19;/h18-19H,4-17H2,1-3H3,(H,22,23);1H. The first-order valence-electron chi connectivity index (χ1n) is 11.1. The molecule has 3 aliphatic rings. The van der Waals surface area contributed by atoms with E-state index in [2.05, 4.69) is 36.1 Å². The summed E-state index contributed by atoms with van der Waals surface area (Å²) < 4.78 is 17.4. The summed E-state index contributed by atoms with van der Waals surface area (Å²) in [5.74, 6) is 1.05. The summed E-state index contributed by atoms with van der Waals surface area (Å²) in [6, 6.07) is 0. The van der Waals surface area contributed by atoms with E-state index < -0.39 is 0 Å². The van der Waals surface area contributed by atoms with Crippen molar-refractivity contribution in [2.24, 2.45) is 4.99 Å². The molecule has 0 aromatic heterocycles. The highest BCUT2D eigenvalue weighted by atomic mass is 127. The van der Waals surface area contributed by atoms with E-state index >= 15 is 0 Å². The molecule has 8 heteroatoms. The molecule has 170 valence electrons. The first kappa shape index (κ1) is 25.1. The van der Waals surface area contributed by atoms with Gasteiger partial charge in [-0.1, -0.05) is 0 Å². The minimum Gasteiger partial charge on any atom is -0.381 e. The number of likely N-dealkylation sites (tertiary alicyclic amines) is 1. The molecule has 3 saturated heterocycles. The summed E-state index contributed by atoms with van der Waals surface area (Å²) in [5, 5.41) is 3.50. The van der Waals surface area contributed by atoms with Gasteiger partial charge in [0, 0.05) is 45.0 Å². The Bertz CT molecular complexity index is 486. The fraction of sp³-hybridized carbons (Fsp3) is 0.952. The van der Waals surface area contributed by atoms with Gasteiger partial charge in [-0.25, -0.2) is 0 Å². The van der Waals surface area contributed by atoms with Crippen LogP contribution in [0.25, 0.3) is 0 Å². The van der Waals surface area contributed by atoms with Crippen LogP contribution in [-0.2, 0) is 14.2 Å². The van der Waals surface area contributed by atoms with E-state index in [1.165, 1.54) is 6.42 Å². The van der Waals surface area contributed by atoms with Crippen LogP contribution in [0.5, 0.6) is 0 Å². The van der Waals surface area contributed by atoms with Crippen LogP contribution >= 0.6 is 24.0 Å². The normalized spacial score (nSPS) is 25.9. The van der Waals surface area contributed by atoms with Crippen LogP contribution in [0.15, 0.2) is 4.99 Å². The molecule has 1 atom stereocenters. The molecular formula is C21H41IN4O3. The molecule has 0 aromatic rings. The van der Waals surface area contributed by atoms with E-state index in [1.807, 2.05) is 0 Å². The van der Waals surface area contributed by atoms with Crippen molar-refractivity contribution in [3.63, 3.8) is 0 Å². The Morgan fingerprint density at radius 1 is 1.17 bits per heavy atom. The van der Waals surface area contributed by atoms with Crippen LogP contribution < -0.4 is 5.32 Å². The zero-order valence-electron chi connectivity index (χ0n) is 18.5. The van der Waals surface area contributed by atoms with Gasteiger partial charge in [0.05, 0.1) is 25.4 Å². The Kier molecular flexibility index (Phi) is 10.9. The number of hydrogen-bond donors (Lipinski definition) is 1. The molecule has 0 amide bonds. The van der Waals surface area contributed by atoms with E-state index in [9.17, 15) is 0 Å². The quantitative estimate of drug-likeness (QED) is 0.314. The molecule has 29 heavy (non-hydrogen) atoms. The minimum atomic E-state index is 0. The van der Waals surface area contributed by atoms with Gasteiger partial charge in [0.1, 0.15) is 0 Å². The summed E-state index contributed by atoms with van der Waals surface area (Å²) in [4.78, 5) is 9.80. The van der Waals surface area contributed by atoms with Crippen molar-refractivity contribution in [3.05, 3.63) is 0 Å². The zero-order chi connectivity index (χ0) is 19.8. The lowest BCUT2D eigenvalue weighted by Gasteiger charge is -2.42. The average molecular weight is 524 g/mol. The van der Waals surface area contributed by atoms with Crippen LogP contribution in [0.2, 0.25) is 0 Å². The third-order valence-corrected chi connectivity index (χ3v) is 6.51. The maximum atomic E-state index is 6.13. The summed E-state index contributed by atoms with van der Waals surface area (Å²) >= 11 is 0. The number of ether oxygens (including phenoxy) is 3. The van der Waals surface area contributed by atoms with Crippen LogP contribution in [0.3, 0.4) is 0 Å². The number of halogens is 1. The van der Waals surface area contributed by atoms with E-state index in [0.717, 1.165) is 90.7 Å². The summed E-state index contributed by atoms with van der Waals surface area (Å²) in [5.41, 5.74) is 0.113. The molecule has 3 fully saturated rings. The van der Waals surface area contributed by atoms with Crippen molar-refractivity contribution in [1.29, 1.82) is 0 Å². The number of piperidine rings is 1. The van der Waals surface area contributed by atoms with Gasteiger partial charge >= 0.3 is 0 Å². The average Bonchev–Trinajstić information content (AvgIpc) is 3.24. The van der Waals surface area contributed by atoms with Crippen molar-refractivity contribution in [2.45, 2.75) is 63.2 Å². The van der Waals surface area contributed by atoms with Gasteiger partial charge in [-0.3, -0.25) is 4.99 Å². The van der Waals surface area contributed by atoms with Gasteiger partial charge in [0.15, 0.2) is 5.96 Å². The number of hydrogen-bond acceptors (Lipinski definition) is 5. The Morgan fingerprint density at radius 2 is 1.90 bits per heavy atom. The maximum absolute atomic E-state index is 6.13. The van der Waals surface area contributed by atoms with Crippen molar-refractivity contribution in [3.8, 4) is 0 Å². The number of likely N-dealkylation sites (N-methyl/N-ethyl adjacent to an activating group) is 1. The topological polar surface area (TPSA) is 58.6 Å². The number of guanidine groups is 1. The minimum absolute atomic E-state index is 0. The van der Waals surface area contributed by atoms with Crippen LogP contribution in [-0.4, -0.2) is 100 Å². The molecule has 3 rings (SSSR count). The Labute approximate surface area is 193 Å². The van der Waals surface area contributed by atoms with E-state index in [-0.39, 0.29) is 29.5 Å². The molecule has 3 aliphatic heterocycles. The number of nitrogens with one attached hydrogen (secondary N) is 1. The van der Waals surface area contributed by atoms with Gasteiger partial charge in [-0.2, -0.15) is 0 Å². The summed E-state index contributed by atoms with van der Waals surface area (Å²) in [7, 11) is 4.34. The van der Waals surface area contributed by atoms with Gasteiger partial charge in [0.2, 0.25) is 0 Å². The highest BCUT2D eigenvalue weighted by Crippen LogP contribution is 2.26. The largest absolute Gasteiger partial charge is 0.381 e. The lowest BCUT2D eigenvalue weighted by molar-refractivity contribution is -0.0368. The monoisotopic (exact) mass is 524 g/mol. The Hall–Kier alpha value is -0.160. The van der Waals surface area contributed by atoms with E-state index in [0.29, 0.717) is 12.2 Å². The third-order valence-electron chi connectivity index (χ3n) is 6.51.